The summed E-state index contributed by atoms with van der Waals surface area (Å²) in [4.78, 5) is 30.2. The van der Waals surface area contributed by atoms with Crippen LogP contribution in [0.15, 0.2) is 103 Å². The van der Waals surface area contributed by atoms with Gasteiger partial charge < -0.3 is 5.32 Å². The van der Waals surface area contributed by atoms with Crippen LogP contribution in [0.2, 0.25) is 0 Å². The Bertz CT molecular complexity index is 1570. The molecule has 4 aromatic carbocycles. The van der Waals surface area contributed by atoms with Crippen LogP contribution >= 0.6 is 0 Å². The second kappa shape index (κ2) is 10.2. The Kier molecular flexibility index (Phi) is 6.52. The molecule has 1 amide bonds. The maximum Gasteiger partial charge on any atom is 0.265 e. The molecule has 0 radical (unpaired) electrons. The maximum absolute atomic E-state index is 13.5. The first-order valence-corrected chi connectivity index (χ1v) is 11.3. The van der Waals surface area contributed by atoms with Crippen LogP contribution in [0.5, 0.6) is 0 Å². The van der Waals surface area contributed by atoms with Gasteiger partial charge in [0.2, 0.25) is 5.95 Å². The standard InChI is InChI=1S/C28H21FN6O2/c29-20-11-14-22(15-12-20)35-26(19-9-5-2-6-10-19)32-28(34-35)31-21-13-16-23(27(37)33-30)24(17-21)25(36)18-7-3-1-4-8-18/h1-17H,30H2,(H,31,34)(H,33,37). The summed E-state index contributed by atoms with van der Waals surface area (Å²) in [5.41, 5.74) is 4.73. The van der Waals surface area contributed by atoms with Gasteiger partial charge >= 0.3 is 0 Å². The quantitative estimate of drug-likeness (QED) is 0.132. The molecule has 0 bridgehead atoms. The lowest BCUT2D eigenvalue weighted by molar-refractivity contribution is 0.0942. The van der Waals surface area contributed by atoms with Gasteiger partial charge in [0.1, 0.15) is 5.82 Å². The van der Waals surface area contributed by atoms with Crippen LogP contribution in [0, 0.1) is 5.82 Å². The number of nitrogens with one attached hydrogen (secondary N) is 2. The van der Waals surface area contributed by atoms with Gasteiger partial charge in [0, 0.05) is 22.4 Å². The Hall–Kier alpha value is -5.15. The van der Waals surface area contributed by atoms with Gasteiger partial charge in [-0.2, -0.15) is 4.98 Å². The molecule has 0 atom stereocenters. The molecule has 0 fully saturated rings. The molecule has 4 N–H and O–H groups in total. The minimum absolute atomic E-state index is 0.136. The van der Waals surface area contributed by atoms with Gasteiger partial charge in [-0.25, -0.2) is 14.9 Å². The predicted molar refractivity (Wildman–Crippen MR) is 138 cm³/mol. The molecule has 0 aliphatic rings. The highest BCUT2D eigenvalue weighted by Gasteiger charge is 2.20. The van der Waals surface area contributed by atoms with Crippen molar-refractivity contribution in [2.24, 2.45) is 5.84 Å². The maximum atomic E-state index is 13.5. The molecule has 0 aliphatic carbocycles. The van der Waals surface area contributed by atoms with Gasteiger partial charge in [0.15, 0.2) is 11.6 Å². The molecule has 0 unspecified atom stereocenters. The average molecular weight is 493 g/mol. The van der Waals surface area contributed by atoms with Crippen molar-refractivity contribution in [3.63, 3.8) is 0 Å². The molecule has 1 heterocycles. The van der Waals surface area contributed by atoms with Gasteiger partial charge in [0.05, 0.1) is 11.3 Å². The van der Waals surface area contributed by atoms with E-state index in [1.165, 1.54) is 18.2 Å². The van der Waals surface area contributed by atoms with E-state index < -0.39 is 5.91 Å². The lowest BCUT2D eigenvalue weighted by Gasteiger charge is -2.11. The summed E-state index contributed by atoms with van der Waals surface area (Å²) in [6, 6.07) is 28.7. The van der Waals surface area contributed by atoms with Crippen molar-refractivity contribution in [1.29, 1.82) is 0 Å². The number of nitrogens with zero attached hydrogens (tertiary/aromatic N) is 3. The summed E-state index contributed by atoms with van der Waals surface area (Å²) in [7, 11) is 0. The van der Waals surface area contributed by atoms with Gasteiger partial charge in [-0.3, -0.25) is 15.0 Å². The molecule has 0 saturated heterocycles. The first-order valence-electron chi connectivity index (χ1n) is 11.3. The molecular formula is C28H21FN6O2. The summed E-state index contributed by atoms with van der Waals surface area (Å²) in [6.07, 6.45) is 0. The van der Waals surface area contributed by atoms with Crippen LogP contribution < -0.4 is 16.6 Å². The number of benzene rings is 4. The Labute approximate surface area is 211 Å². The molecule has 1 aromatic heterocycles. The molecule has 37 heavy (non-hydrogen) atoms. The van der Waals surface area contributed by atoms with Crippen molar-refractivity contribution in [2.45, 2.75) is 0 Å². The van der Waals surface area contributed by atoms with Gasteiger partial charge in [-0.05, 0) is 42.5 Å². The van der Waals surface area contributed by atoms with Gasteiger partial charge in [-0.1, -0.05) is 60.7 Å². The predicted octanol–water partition coefficient (Wildman–Crippen LogP) is 4.65. The fourth-order valence-electron chi connectivity index (χ4n) is 3.86. The van der Waals surface area contributed by atoms with E-state index in [1.54, 1.807) is 59.3 Å². The minimum Gasteiger partial charge on any atom is -0.323 e. The fourth-order valence-corrected chi connectivity index (χ4v) is 3.86. The zero-order chi connectivity index (χ0) is 25.8. The first-order chi connectivity index (χ1) is 18.0. The lowest BCUT2D eigenvalue weighted by atomic mass is 9.97. The first kappa shape index (κ1) is 23.6. The second-order valence-corrected chi connectivity index (χ2v) is 8.07. The molecule has 0 aliphatic heterocycles. The van der Waals surface area contributed by atoms with Crippen molar-refractivity contribution in [3.05, 3.63) is 126 Å². The van der Waals surface area contributed by atoms with Crippen molar-refractivity contribution < 1.29 is 14.0 Å². The van der Waals surface area contributed by atoms with Crippen LogP contribution in [-0.4, -0.2) is 26.5 Å². The van der Waals surface area contributed by atoms with Crippen LogP contribution in [0.4, 0.5) is 16.0 Å². The summed E-state index contributed by atoms with van der Waals surface area (Å²) in [5.74, 6) is 4.84. The number of hydrogen-bond acceptors (Lipinski definition) is 6. The number of nitrogen functional groups attached to an aromatic ring is 1. The summed E-state index contributed by atoms with van der Waals surface area (Å²) < 4.78 is 15.1. The van der Waals surface area contributed by atoms with E-state index in [2.05, 4.69) is 20.8 Å². The normalized spacial score (nSPS) is 10.6. The van der Waals surface area contributed by atoms with Crippen LogP contribution in [0.3, 0.4) is 0 Å². The number of rotatable bonds is 7. The number of ketones is 1. The monoisotopic (exact) mass is 492 g/mol. The van der Waals surface area contributed by atoms with Crippen molar-refractivity contribution >= 4 is 23.3 Å². The van der Waals surface area contributed by atoms with Crippen molar-refractivity contribution in [1.82, 2.24) is 20.2 Å². The smallest absolute Gasteiger partial charge is 0.265 e. The van der Waals surface area contributed by atoms with E-state index in [1.807, 2.05) is 30.3 Å². The van der Waals surface area contributed by atoms with E-state index in [9.17, 15) is 14.0 Å². The third kappa shape index (κ3) is 4.97. The summed E-state index contributed by atoms with van der Waals surface area (Å²) >= 11 is 0. The number of carbonyl (C=O) groups is 2. The zero-order valence-corrected chi connectivity index (χ0v) is 19.4. The molecule has 5 rings (SSSR count). The van der Waals surface area contributed by atoms with Gasteiger partial charge in [-0.15, -0.1) is 5.10 Å². The van der Waals surface area contributed by atoms with E-state index in [0.29, 0.717) is 22.8 Å². The zero-order valence-electron chi connectivity index (χ0n) is 19.4. The second-order valence-electron chi connectivity index (χ2n) is 8.07. The topological polar surface area (TPSA) is 115 Å². The summed E-state index contributed by atoms with van der Waals surface area (Å²) in [6.45, 7) is 0. The highest BCUT2D eigenvalue weighted by molar-refractivity contribution is 6.15. The average Bonchev–Trinajstić information content (AvgIpc) is 3.37. The molecule has 0 spiro atoms. The molecular weight excluding hydrogens is 471 g/mol. The minimum atomic E-state index is -0.587. The fraction of sp³-hybridized carbons (Fsp3) is 0. The molecule has 8 nitrogen and oxygen atoms in total. The number of hydrogen-bond donors (Lipinski definition) is 3. The number of amides is 1. The largest absolute Gasteiger partial charge is 0.323 e. The Balaban J connectivity index is 1.55. The van der Waals surface area contributed by atoms with Crippen molar-refractivity contribution in [3.8, 4) is 17.1 Å². The summed E-state index contributed by atoms with van der Waals surface area (Å²) in [5, 5.41) is 7.69. The lowest BCUT2D eigenvalue weighted by Crippen LogP contribution is -2.31. The highest BCUT2D eigenvalue weighted by atomic mass is 19.1. The van der Waals surface area contributed by atoms with Crippen LogP contribution in [0.1, 0.15) is 26.3 Å². The SMILES string of the molecule is NNC(=O)c1ccc(Nc2nc(-c3ccccc3)n(-c3ccc(F)cc3)n2)cc1C(=O)c1ccccc1. The number of nitrogens with two attached hydrogens (primary N) is 1. The van der Waals surface area contributed by atoms with E-state index in [0.717, 1.165) is 5.56 Å². The molecule has 5 aromatic rings. The number of hydrazine groups is 1. The third-order valence-electron chi connectivity index (χ3n) is 5.64. The van der Waals surface area contributed by atoms with Crippen LogP contribution in [-0.2, 0) is 0 Å². The van der Waals surface area contributed by atoms with Crippen molar-refractivity contribution in [2.75, 3.05) is 5.32 Å². The number of aromatic nitrogens is 3. The van der Waals surface area contributed by atoms with E-state index in [-0.39, 0.29) is 28.7 Å². The van der Waals surface area contributed by atoms with Gasteiger partial charge in [0.25, 0.3) is 5.91 Å². The molecule has 0 saturated carbocycles. The number of carbonyl (C=O) groups excluding carboxylic acids is 2. The number of halogens is 1. The van der Waals surface area contributed by atoms with Crippen LogP contribution in [0.25, 0.3) is 17.1 Å². The van der Waals surface area contributed by atoms with E-state index >= 15 is 0 Å². The Morgan fingerprint density at radius 2 is 1.49 bits per heavy atom. The Morgan fingerprint density at radius 1 is 0.811 bits per heavy atom. The molecule has 182 valence electrons. The van der Waals surface area contributed by atoms with E-state index in [4.69, 9.17) is 5.84 Å². The highest BCUT2D eigenvalue weighted by Crippen LogP contribution is 2.26. The molecule has 9 heteroatoms. The number of anilines is 2. The Morgan fingerprint density at radius 3 is 2.16 bits per heavy atom. The third-order valence-corrected chi connectivity index (χ3v) is 5.64.